The lowest BCUT2D eigenvalue weighted by Gasteiger charge is -2.25. The van der Waals surface area contributed by atoms with E-state index in [9.17, 15) is 24.3 Å². The SMILES string of the molecule is CC(C)C(N)C(=O)NC(CS)C(=O)NC(CCCN=C(N)N)C(=O)NC(Cc1cnc[nH]1)C(=O)O. The van der Waals surface area contributed by atoms with Gasteiger partial charge in [0.25, 0.3) is 0 Å². The number of aliphatic imine (C=N–C) groups is 1. The number of carbonyl (C=O) groups excluding carboxylic acids is 3. The van der Waals surface area contributed by atoms with E-state index in [0.29, 0.717) is 12.1 Å². The van der Waals surface area contributed by atoms with Crippen molar-refractivity contribution in [2.45, 2.75) is 57.3 Å². The molecular weight excluding hydrogens is 478 g/mol. The second-order valence-corrected chi connectivity index (χ2v) is 8.57. The molecule has 0 fully saturated rings. The van der Waals surface area contributed by atoms with Gasteiger partial charge in [0.15, 0.2) is 5.96 Å². The molecule has 0 aromatic carbocycles. The van der Waals surface area contributed by atoms with E-state index in [1.807, 2.05) is 0 Å². The number of aromatic amines is 1. The normalized spacial score (nSPS) is 14.3. The average Bonchev–Trinajstić information content (AvgIpc) is 3.30. The first-order valence-corrected chi connectivity index (χ1v) is 11.6. The third-order valence-electron chi connectivity index (χ3n) is 5.01. The Bertz CT molecular complexity index is 874. The van der Waals surface area contributed by atoms with E-state index in [1.165, 1.54) is 12.5 Å². The van der Waals surface area contributed by atoms with Crippen molar-refractivity contribution in [3.63, 3.8) is 0 Å². The van der Waals surface area contributed by atoms with Gasteiger partial charge in [0, 0.05) is 30.6 Å². The number of amides is 3. The zero-order valence-electron chi connectivity index (χ0n) is 19.7. The summed E-state index contributed by atoms with van der Waals surface area (Å²) in [5.41, 5.74) is 17.0. The van der Waals surface area contributed by atoms with Gasteiger partial charge < -0.3 is 43.2 Å². The number of carboxylic acid groups (broad SMARTS) is 1. The van der Waals surface area contributed by atoms with Gasteiger partial charge in [-0.2, -0.15) is 12.6 Å². The number of hydrogen-bond donors (Lipinski definition) is 9. The number of rotatable bonds is 15. The highest BCUT2D eigenvalue weighted by Crippen LogP contribution is 2.05. The Morgan fingerprint density at radius 3 is 2.20 bits per heavy atom. The Hall–Kier alpha value is -3.33. The minimum absolute atomic E-state index is 0.0435. The quantitative estimate of drug-likeness (QED) is 0.0518. The number of aliphatic carboxylic acids is 1. The number of nitrogens with two attached hydrogens (primary N) is 3. The van der Waals surface area contributed by atoms with E-state index in [-0.39, 0.29) is 37.0 Å². The highest BCUT2D eigenvalue weighted by molar-refractivity contribution is 7.80. The minimum Gasteiger partial charge on any atom is -0.480 e. The maximum Gasteiger partial charge on any atom is 0.326 e. The molecule has 4 unspecified atom stereocenters. The predicted molar refractivity (Wildman–Crippen MR) is 132 cm³/mol. The van der Waals surface area contributed by atoms with Gasteiger partial charge in [0.1, 0.15) is 18.1 Å². The molecule has 1 heterocycles. The van der Waals surface area contributed by atoms with E-state index >= 15 is 0 Å². The number of carboxylic acids is 1. The van der Waals surface area contributed by atoms with Crippen LogP contribution in [0.4, 0.5) is 0 Å². The smallest absolute Gasteiger partial charge is 0.326 e. The Morgan fingerprint density at radius 1 is 1.09 bits per heavy atom. The molecule has 0 radical (unpaired) electrons. The fourth-order valence-electron chi connectivity index (χ4n) is 2.90. The van der Waals surface area contributed by atoms with Crippen LogP contribution < -0.4 is 33.2 Å². The number of nitrogens with one attached hydrogen (secondary N) is 4. The fourth-order valence-corrected chi connectivity index (χ4v) is 3.16. The summed E-state index contributed by atoms with van der Waals surface area (Å²) in [5.74, 6) is -3.53. The van der Waals surface area contributed by atoms with Crippen molar-refractivity contribution in [1.29, 1.82) is 0 Å². The first-order chi connectivity index (χ1) is 16.5. The van der Waals surface area contributed by atoms with E-state index in [2.05, 4.69) is 43.5 Å². The summed E-state index contributed by atoms with van der Waals surface area (Å²) in [6, 6.07) is -4.30. The van der Waals surface area contributed by atoms with Crippen molar-refractivity contribution in [3.05, 3.63) is 18.2 Å². The van der Waals surface area contributed by atoms with Crippen molar-refractivity contribution in [2.24, 2.45) is 28.1 Å². The summed E-state index contributed by atoms with van der Waals surface area (Å²) in [7, 11) is 0. The highest BCUT2D eigenvalue weighted by Gasteiger charge is 2.30. The molecule has 0 aliphatic carbocycles. The minimum atomic E-state index is -1.27. The Kier molecular flexibility index (Phi) is 12.6. The molecule has 196 valence electrons. The van der Waals surface area contributed by atoms with Crippen LogP contribution in [-0.2, 0) is 25.6 Å². The topological polar surface area (TPSA) is 244 Å². The molecule has 11 N–H and O–H groups in total. The monoisotopic (exact) mass is 513 g/mol. The molecule has 3 amide bonds. The van der Waals surface area contributed by atoms with Crippen molar-refractivity contribution in [1.82, 2.24) is 25.9 Å². The number of thiol groups is 1. The molecule has 1 aromatic rings. The molecule has 1 aromatic heterocycles. The molecule has 0 saturated carbocycles. The van der Waals surface area contributed by atoms with Crippen LogP contribution in [0.5, 0.6) is 0 Å². The van der Waals surface area contributed by atoms with E-state index in [0.717, 1.165) is 0 Å². The summed E-state index contributed by atoms with van der Waals surface area (Å²) < 4.78 is 0. The Labute approximate surface area is 208 Å². The second-order valence-electron chi connectivity index (χ2n) is 8.20. The van der Waals surface area contributed by atoms with Gasteiger partial charge in [-0.05, 0) is 18.8 Å². The number of nitrogens with zero attached hydrogens (tertiary/aromatic N) is 2. The van der Waals surface area contributed by atoms with Gasteiger partial charge in [0.05, 0.1) is 12.4 Å². The molecule has 15 heteroatoms. The zero-order valence-corrected chi connectivity index (χ0v) is 20.6. The van der Waals surface area contributed by atoms with E-state index in [1.54, 1.807) is 13.8 Å². The van der Waals surface area contributed by atoms with Crippen LogP contribution in [0.25, 0.3) is 0 Å². The largest absolute Gasteiger partial charge is 0.480 e. The Morgan fingerprint density at radius 2 is 1.69 bits per heavy atom. The number of hydrogen-bond acceptors (Lipinski definition) is 8. The van der Waals surface area contributed by atoms with Crippen LogP contribution in [-0.4, -0.2) is 81.2 Å². The van der Waals surface area contributed by atoms with Crippen LogP contribution in [0.15, 0.2) is 17.5 Å². The molecule has 0 saturated heterocycles. The maximum absolute atomic E-state index is 13.0. The summed E-state index contributed by atoms with van der Waals surface area (Å²) in [4.78, 5) is 60.2. The number of carbonyl (C=O) groups is 4. The van der Waals surface area contributed by atoms with Gasteiger partial charge in [-0.3, -0.25) is 19.4 Å². The number of guanidine groups is 1. The van der Waals surface area contributed by atoms with Gasteiger partial charge in [-0.15, -0.1) is 0 Å². The second kappa shape index (κ2) is 14.8. The molecule has 1 rings (SSSR count). The zero-order chi connectivity index (χ0) is 26.5. The van der Waals surface area contributed by atoms with Gasteiger partial charge in [-0.1, -0.05) is 13.8 Å². The molecule has 0 aliphatic heterocycles. The lowest BCUT2D eigenvalue weighted by molar-refractivity contribution is -0.142. The summed E-state index contributed by atoms with van der Waals surface area (Å²) in [6.07, 6.45) is 3.20. The molecule has 35 heavy (non-hydrogen) atoms. The van der Waals surface area contributed by atoms with Crippen molar-refractivity contribution in [2.75, 3.05) is 12.3 Å². The summed E-state index contributed by atoms with van der Waals surface area (Å²) in [6.45, 7) is 3.71. The van der Waals surface area contributed by atoms with Gasteiger partial charge >= 0.3 is 5.97 Å². The van der Waals surface area contributed by atoms with Crippen LogP contribution >= 0.6 is 12.6 Å². The van der Waals surface area contributed by atoms with Crippen molar-refractivity contribution in [3.8, 4) is 0 Å². The first kappa shape index (κ1) is 29.7. The lowest BCUT2D eigenvalue weighted by Crippen LogP contribution is -2.58. The number of imidazole rings is 1. The average molecular weight is 514 g/mol. The summed E-state index contributed by atoms with van der Waals surface area (Å²) in [5, 5.41) is 17.0. The van der Waals surface area contributed by atoms with Crippen LogP contribution in [0.3, 0.4) is 0 Å². The van der Waals surface area contributed by atoms with Crippen LogP contribution in [0.2, 0.25) is 0 Å². The molecular formula is C20H35N9O5S. The Balaban J connectivity index is 2.94. The van der Waals surface area contributed by atoms with Crippen molar-refractivity contribution < 1.29 is 24.3 Å². The highest BCUT2D eigenvalue weighted by atomic mass is 32.1. The number of aromatic nitrogens is 2. The fraction of sp³-hybridized carbons (Fsp3) is 0.600. The van der Waals surface area contributed by atoms with E-state index in [4.69, 9.17) is 17.2 Å². The molecule has 0 aliphatic rings. The van der Waals surface area contributed by atoms with Crippen molar-refractivity contribution >= 4 is 42.3 Å². The molecule has 14 nitrogen and oxygen atoms in total. The molecule has 0 bridgehead atoms. The first-order valence-electron chi connectivity index (χ1n) is 11.0. The van der Waals surface area contributed by atoms with Crippen LogP contribution in [0.1, 0.15) is 32.4 Å². The van der Waals surface area contributed by atoms with Gasteiger partial charge in [-0.25, -0.2) is 9.78 Å². The lowest BCUT2D eigenvalue weighted by atomic mass is 10.0. The van der Waals surface area contributed by atoms with E-state index < -0.39 is 47.9 Å². The standard InChI is InChI=1S/C20H35N9O5S/c1-10(2)15(21)18(32)29-14(8-35)17(31)27-12(4-3-5-25-20(22)23)16(30)28-13(19(33)34)6-11-7-24-9-26-11/h7,9-10,12-15,35H,3-6,8,21H2,1-2H3,(H,24,26)(H,27,31)(H,28,30)(H,29,32)(H,33,34)(H4,22,23,25). The third kappa shape index (κ3) is 10.6. The predicted octanol–water partition coefficient (Wildman–Crippen LogP) is -2.54. The molecule has 4 atom stereocenters. The van der Waals surface area contributed by atoms with Gasteiger partial charge in [0.2, 0.25) is 17.7 Å². The maximum atomic E-state index is 13.0. The summed E-state index contributed by atoms with van der Waals surface area (Å²) >= 11 is 4.11. The molecule has 0 spiro atoms. The van der Waals surface area contributed by atoms with Crippen LogP contribution in [0, 0.1) is 5.92 Å². The third-order valence-corrected chi connectivity index (χ3v) is 5.37. The number of H-pyrrole nitrogens is 1.